The SMILES string of the molecule is CC(C)(C)c1ccc(Cn2nnc3c(=O)[nH]c(C4CCCN(C(=O)c5ccccc5)C4)nc32)cc1. The number of rotatable bonds is 4. The highest BCUT2D eigenvalue weighted by Crippen LogP contribution is 2.26. The largest absolute Gasteiger partial charge is 0.338 e. The number of hydrogen-bond acceptors (Lipinski definition) is 5. The van der Waals surface area contributed by atoms with Crippen LogP contribution in [0.3, 0.4) is 0 Å². The Hall–Kier alpha value is -3.81. The molecule has 5 rings (SSSR count). The third-order valence-corrected chi connectivity index (χ3v) is 6.66. The van der Waals surface area contributed by atoms with Crippen LogP contribution in [0.25, 0.3) is 11.2 Å². The predicted octanol–water partition coefficient (Wildman–Crippen LogP) is 3.88. The molecule has 35 heavy (non-hydrogen) atoms. The number of nitrogens with zero attached hydrogens (tertiary/aromatic N) is 5. The average Bonchev–Trinajstić information content (AvgIpc) is 3.27. The van der Waals surface area contributed by atoms with Gasteiger partial charge in [0.15, 0.2) is 11.2 Å². The summed E-state index contributed by atoms with van der Waals surface area (Å²) in [5.74, 6) is 0.534. The van der Waals surface area contributed by atoms with Crippen molar-refractivity contribution in [1.82, 2.24) is 29.9 Å². The van der Waals surface area contributed by atoms with Gasteiger partial charge < -0.3 is 9.88 Å². The first-order valence-corrected chi connectivity index (χ1v) is 12.1. The summed E-state index contributed by atoms with van der Waals surface area (Å²) < 4.78 is 1.68. The van der Waals surface area contributed by atoms with Crippen molar-refractivity contribution in [3.63, 3.8) is 0 Å². The second kappa shape index (κ2) is 9.09. The van der Waals surface area contributed by atoms with Crippen LogP contribution in [0.15, 0.2) is 59.4 Å². The van der Waals surface area contributed by atoms with Gasteiger partial charge in [-0.3, -0.25) is 9.59 Å². The van der Waals surface area contributed by atoms with Gasteiger partial charge >= 0.3 is 0 Å². The second-order valence-corrected chi connectivity index (χ2v) is 10.3. The Labute approximate surface area is 204 Å². The van der Waals surface area contributed by atoms with Crippen LogP contribution in [0.4, 0.5) is 0 Å². The van der Waals surface area contributed by atoms with Crippen molar-refractivity contribution in [2.45, 2.75) is 51.5 Å². The van der Waals surface area contributed by atoms with E-state index in [4.69, 9.17) is 4.98 Å². The van der Waals surface area contributed by atoms with E-state index in [2.05, 4.69) is 60.3 Å². The molecule has 4 aromatic rings. The molecule has 2 aromatic carbocycles. The second-order valence-electron chi connectivity index (χ2n) is 10.3. The van der Waals surface area contributed by atoms with E-state index in [1.165, 1.54) is 5.56 Å². The van der Waals surface area contributed by atoms with Crippen LogP contribution in [0.2, 0.25) is 0 Å². The number of benzene rings is 2. The van der Waals surface area contributed by atoms with Gasteiger partial charge in [0.25, 0.3) is 11.5 Å². The molecule has 0 bridgehead atoms. The number of H-pyrrole nitrogens is 1. The molecule has 8 nitrogen and oxygen atoms in total. The third kappa shape index (κ3) is 4.73. The van der Waals surface area contributed by atoms with Gasteiger partial charge in [0, 0.05) is 24.6 Å². The number of carbonyl (C=O) groups is 1. The number of piperidine rings is 1. The predicted molar refractivity (Wildman–Crippen MR) is 135 cm³/mol. The standard InChI is InChI=1S/C27H30N6O2/c1-27(2,3)21-13-11-18(12-14-21)16-33-24-22(30-31-33)25(34)29-23(28-24)20-10-7-15-32(17-20)26(35)19-8-5-4-6-9-19/h4-6,8-9,11-14,20H,7,10,15-17H2,1-3H3,(H,28,29,34). The summed E-state index contributed by atoms with van der Waals surface area (Å²) in [4.78, 5) is 35.3. The number of carbonyl (C=O) groups excluding carboxylic acids is 1. The molecular formula is C27H30N6O2. The first kappa shape index (κ1) is 23.0. The smallest absolute Gasteiger partial charge is 0.281 e. The monoisotopic (exact) mass is 470 g/mol. The van der Waals surface area contributed by atoms with Gasteiger partial charge in [0.05, 0.1) is 6.54 Å². The lowest BCUT2D eigenvalue weighted by Gasteiger charge is -2.32. The molecular weight excluding hydrogens is 440 g/mol. The van der Waals surface area contributed by atoms with Crippen LogP contribution >= 0.6 is 0 Å². The van der Waals surface area contributed by atoms with E-state index in [1.54, 1.807) is 4.68 Å². The highest BCUT2D eigenvalue weighted by atomic mass is 16.2. The lowest BCUT2D eigenvalue weighted by molar-refractivity contribution is 0.0704. The van der Waals surface area contributed by atoms with E-state index in [-0.39, 0.29) is 28.3 Å². The maximum atomic E-state index is 13.0. The molecule has 0 radical (unpaired) electrons. The molecule has 3 heterocycles. The molecule has 2 aromatic heterocycles. The quantitative estimate of drug-likeness (QED) is 0.488. The van der Waals surface area contributed by atoms with Crippen molar-refractivity contribution in [3.05, 3.63) is 87.5 Å². The number of fused-ring (bicyclic) bond motifs is 1. The van der Waals surface area contributed by atoms with E-state index < -0.39 is 0 Å². The van der Waals surface area contributed by atoms with Crippen LogP contribution in [0, 0.1) is 0 Å². The molecule has 1 aliphatic rings. The molecule has 8 heteroatoms. The maximum Gasteiger partial charge on any atom is 0.281 e. The zero-order valence-corrected chi connectivity index (χ0v) is 20.4. The average molecular weight is 471 g/mol. The Morgan fingerprint density at radius 3 is 2.54 bits per heavy atom. The molecule has 1 N–H and O–H groups in total. The number of amides is 1. The molecule has 0 spiro atoms. The third-order valence-electron chi connectivity index (χ3n) is 6.66. The van der Waals surface area contributed by atoms with Crippen LogP contribution in [0.5, 0.6) is 0 Å². The van der Waals surface area contributed by atoms with E-state index >= 15 is 0 Å². The van der Waals surface area contributed by atoms with Crippen LogP contribution in [-0.4, -0.2) is 48.9 Å². The summed E-state index contributed by atoms with van der Waals surface area (Å²) in [7, 11) is 0. The normalized spacial score (nSPS) is 16.5. The molecule has 1 unspecified atom stereocenters. The van der Waals surface area contributed by atoms with Crippen molar-refractivity contribution in [3.8, 4) is 0 Å². The van der Waals surface area contributed by atoms with Gasteiger partial charge in [0.1, 0.15) is 5.82 Å². The van der Waals surface area contributed by atoms with Gasteiger partial charge in [-0.1, -0.05) is 68.4 Å². The molecule has 0 saturated carbocycles. The lowest BCUT2D eigenvalue weighted by atomic mass is 9.87. The summed E-state index contributed by atoms with van der Waals surface area (Å²) >= 11 is 0. The number of aromatic nitrogens is 5. The van der Waals surface area contributed by atoms with Crippen molar-refractivity contribution in [2.75, 3.05) is 13.1 Å². The molecule has 0 aliphatic carbocycles. The summed E-state index contributed by atoms with van der Waals surface area (Å²) in [6, 6.07) is 17.7. The fourth-order valence-electron chi connectivity index (χ4n) is 4.61. The maximum absolute atomic E-state index is 13.0. The summed E-state index contributed by atoms with van der Waals surface area (Å²) in [6.07, 6.45) is 1.70. The Morgan fingerprint density at radius 2 is 1.83 bits per heavy atom. The Balaban J connectivity index is 1.40. The Bertz CT molecular complexity index is 1400. The van der Waals surface area contributed by atoms with Crippen LogP contribution in [0.1, 0.15) is 66.8 Å². The zero-order chi connectivity index (χ0) is 24.6. The van der Waals surface area contributed by atoms with Crippen molar-refractivity contribution in [1.29, 1.82) is 0 Å². The molecule has 1 amide bonds. The number of likely N-dealkylation sites (tertiary alicyclic amines) is 1. The fourth-order valence-corrected chi connectivity index (χ4v) is 4.61. The van der Waals surface area contributed by atoms with E-state index in [0.717, 1.165) is 18.4 Å². The number of hydrogen-bond donors (Lipinski definition) is 1. The van der Waals surface area contributed by atoms with Crippen molar-refractivity contribution < 1.29 is 4.79 Å². The van der Waals surface area contributed by atoms with E-state index in [9.17, 15) is 9.59 Å². The van der Waals surface area contributed by atoms with Gasteiger partial charge in [-0.15, -0.1) is 5.10 Å². The Morgan fingerprint density at radius 1 is 1.09 bits per heavy atom. The van der Waals surface area contributed by atoms with Crippen LogP contribution < -0.4 is 5.56 Å². The minimum atomic E-state index is -0.300. The number of aromatic amines is 1. The molecule has 1 atom stereocenters. The summed E-state index contributed by atoms with van der Waals surface area (Å²) in [5, 5.41) is 8.29. The lowest BCUT2D eigenvalue weighted by Crippen LogP contribution is -2.39. The van der Waals surface area contributed by atoms with E-state index in [0.29, 0.717) is 36.7 Å². The molecule has 180 valence electrons. The van der Waals surface area contributed by atoms with Gasteiger partial charge in [0.2, 0.25) is 0 Å². The summed E-state index contributed by atoms with van der Waals surface area (Å²) in [6.45, 7) is 8.23. The summed E-state index contributed by atoms with van der Waals surface area (Å²) in [5.41, 5.74) is 3.47. The van der Waals surface area contributed by atoms with Gasteiger partial charge in [-0.25, -0.2) is 9.67 Å². The molecule has 1 aliphatic heterocycles. The fraction of sp³-hybridized carbons (Fsp3) is 0.370. The number of nitrogens with one attached hydrogen (secondary N) is 1. The minimum Gasteiger partial charge on any atom is -0.338 e. The van der Waals surface area contributed by atoms with Crippen molar-refractivity contribution in [2.24, 2.45) is 0 Å². The van der Waals surface area contributed by atoms with Gasteiger partial charge in [-0.2, -0.15) is 0 Å². The first-order valence-electron chi connectivity index (χ1n) is 12.1. The van der Waals surface area contributed by atoms with Crippen molar-refractivity contribution >= 4 is 17.1 Å². The van der Waals surface area contributed by atoms with Crippen LogP contribution in [-0.2, 0) is 12.0 Å². The highest BCUT2D eigenvalue weighted by molar-refractivity contribution is 5.94. The minimum absolute atomic E-state index is 0.00383. The molecule has 1 fully saturated rings. The topological polar surface area (TPSA) is 96.8 Å². The zero-order valence-electron chi connectivity index (χ0n) is 20.4. The van der Waals surface area contributed by atoms with E-state index in [1.807, 2.05) is 35.2 Å². The molecule has 1 saturated heterocycles. The first-order chi connectivity index (χ1) is 16.8. The van der Waals surface area contributed by atoms with Gasteiger partial charge in [-0.05, 0) is 41.5 Å². The highest BCUT2D eigenvalue weighted by Gasteiger charge is 2.28. The Kier molecular flexibility index (Phi) is 5.96.